The second-order valence-corrected chi connectivity index (χ2v) is 6.15. The molecule has 0 N–H and O–H groups in total. The van der Waals surface area contributed by atoms with Crippen molar-refractivity contribution < 1.29 is 9.47 Å². The average Bonchev–Trinajstić information content (AvgIpc) is 2.99. The molecule has 122 valence electrons. The Bertz CT molecular complexity index is 507. The fourth-order valence-corrected chi connectivity index (χ4v) is 3.43. The lowest BCUT2D eigenvalue weighted by Gasteiger charge is -2.25. The summed E-state index contributed by atoms with van der Waals surface area (Å²) in [4.78, 5) is 11.8. The lowest BCUT2D eigenvalue weighted by Crippen LogP contribution is -2.27. The Morgan fingerprint density at radius 2 is 2.05 bits per heavy atom. The van der Waals surface area contributed by atoms with Gasteiger partial charge in [0, 0.05) is 31.0 Å². The molecule has 1 aromatic heterocycles. The first-order valence-electron chi connectivity index (χ1n) is 8.58. The van der Waals surface area contributed by atoms with Crippen LogP contribution in [0.3, 0.4) is 0 Å². The monoisotopic (exact) mass is 305 g/mol. The number of aromatic nitrogens is 2. The third-order valence-electron chi connectivity index (χ3n) is 4.50. The number of aryl methyl sites for hydroxylation is 2. The third-order valence-corrected chi connectivity index (χ3v) is 4.50. The van der Waals surface area contributed by atoms with Crippen LogP contribution in [0.2, 0.25) is 0 Å². The van der Waals surface area contributed by atoms with Gasteiger partial charge in [-0.15, -0.1) is 0 Å². The Morgan fingerprint density at radius 1 is 1.18 bits per heavy atom. The number of fused-ring (bicyclic) bond motifs is 1. The lowest BCUT2D eigenvalue weighted by atomic mass is 9.96. The number of nitrogens with zero attached hydrogens (tertiary/aromatic N) is 3. The van der Waals surface area contributed by atoms with Crippen molar-refractivity contribution in [3.05, 3.63) is 17.1 Å². The maximum absolute atomic E-state index is 5.92. The van der Waals surface area contributed by atoms with E-state index in [1.165, 1.54) is 24.1 Å². The molecule has 1 aliphatic heterocycles. The van der Waals surface area contributed by atoms with E-state index >= 15 is 0 Å². The predicted molar refractivity (Wildman–Crippen MR) is 86.5 cm³/mol. The highest BCUT2D eigenvalue weighted by Gasteiger charge is 2.28. The van der Waals surface area contributed by atoms with E-state index in [4.69, 9.17) is 14.5 Å². The summed E-state index contributed by atoms with van der Waals surface area (Å²) in [7, 11) is 0. The van der Waals surface area contributed by atoms with Gasteiger partial charge in [-0.05, 0) is 46.0 Å². The summed E-state index contributed by atoms with van der Waals surface area (Å²) in [5.74, 6) is 2.06. The van der Waals surface area contributed by atoms with Crippen molar-refractivity contribution in [2.24, 2.45) is 0 Å². The molecule has 5 nitrogen and oxygen atoms in total. The SMILES string of the molecule is CCOCCO[C@H]1CCN(c2nc(C)nc3c2CCCC3)C1. The van der Waals surface area contributed by atoms with Crippen LogP contribution in [0.4, 0.5) is 5.82 Å². The zero-order valence-corrected chi connectivity index (χ0v) is 13.8. The van der Waals surface area contributed by atoms with Crippen LogP contribution in [0.5, 0.6) is 0 Å². The van der Waals surface area contributed by atoms with Gasteiger partial charge in [0.15, 0.2) is 0 Å². The summed E-state index contributed by atoms with van der Waals surface area (Å²) in [6.45, 7) is 8.12. The summed E-state index contributed by atoms with van der Waals surface area (Å²) >= 11 is 0. The average molecular weight is 305 g/mol. The van der Waals surface area contributed by atoms with E-state index in [0.717, 1.165) is 50.6 Å². The molecule has 2 heterocycles. The number of hydrogen-bond acceptors (Lipinski definition) is 5. The Hall–Kier alpha value is -1.20. The van der Waals surface area contributed by atoms with Gasteiger partial charge in [0.2, 0.25) is 0 Å². The van der Waals surface area contributed by atoms with Crippen LogP contribution < -0.4 is 4.90 Å². The molecule has 0 saturated carbocycles. The van der Waals surface area contributed by atoms with E-state index in [1.54, 1.807) is 0 Å². The first-order chi connectivity index (χ1) is 10.8. The fourth-order valence-electron chi connectivity index (χ4n) is 3.43. The van der Waals surface area contributed by atoms with Gasteiger partial charge in [-0.3, -0.25) is 0 Å². The van der Waals surface area contributed by atoms with Gasteiger partial charge in [-0.25, -0.2) is 9.97 Å². The van der Waals surface area contributed by atoms with Crippen molar-refractivity contribution in [3.63, 3.8) is 0 Å². The zero-order chi connectivity index (χ0) is 15.4. The van der Waals surface area contributed by atoms with Crippen molar-refractivity contribution in [2.75, 3.05) is 37.8 Å². The summed E-state index contributed by atoms with van der Waals surface area (Å²) in [6, 6.07) is 0. The molecule has 0 aromatic carbocycles. The molecule has 0 unspecified atom stereocenters. The topological polar surface area (TPSA) is 47.5 Å². The number of anilines is 1. The van der Waals surface area contributed by atoms with Crippen LogP contribution in [0, 0.1) is 6.92 Å². The minimum Gasteiger partial charge on any atom is -0.379 e. The Balaban J connectivity index is 1.64. The minimum absolute atomic E-state index is 0.301. The third kappa shape index (κ3) is 3.58. The van der Waals surface area contributed by atoms with Gasteiger partial charge in [-0.2, -0.15) is 0 Å². The Kier molecular flexibility index (Phi) is 5.26. The van der Waals surface area contributed by atoms with Crippen LogP contribution in [0.1, 0.15) is 43.3 Å². The zero-order valence-electron chi connectivity index (χ0n) is 13.8. The Labute approximate surface area is 133 Å². The van der Waals surface area contributed by atoms with Crippen molar-refractivity contribution in [3.8, 4) is 0 Å². The number of ether oxygens (including phenoxy) is 2. The van der Waals surface area contributed by atoms with E-state index in [0.29, 0.717) is 19.3 Å². The molecule has 0 radical (unpaired) electrons. The molecule has 0 bridgehead atoms. The Morgan fingerprint density at radius 3 is 2.91 bits per heavy atom. The van der Waals surface area contributed by atoms with Crippen LogP contribution in [-0.4, -0.2) is 49.0 Å². The second kappa shape index (κ2) is 7.38. The summed E-state index contributed by atoms with van der Waals surface area (Å²) in [5, 5.41) is 0. The molecule has 0 amide bonds. The molecule has 0 spiro atoms. The highest BCUT2D eigenvalue weighted by Crippen LogP contribution is 2.30. The van der Waals surface area contributed by atoms with Gasteiger partial charge in [0.05, 0.1) is 19.3 Å². The van der Waals surface area contributed by atoms with Crippen molar-refractivity contribution in [2.45, 2.75) is 52.1 Å². The van der Waals surface area contributed by atoms with Crippen LogP contribution >= 0.6 is 0 Å². The van der Waals surface area contributed by atoms with E-state index in [1.807, 2.05) is 13.8 Å². The molecule has 1 atom stereocenters. The molecule has 22 heavy (non-hydrogen) atoms. The molecule has 1 fully saturated rings. The van der Waals surface area contributed by atoms with Crippen molar-refractivity contribution in [1.82, 2.24) is 9.97 Å². The van der Waals surface area contributed by atoms with Crippen molar-refractivity contribution in [1.29, 1.82) is 0 Å². The van der Waals surface area contributed by atoms with Gasteiger partial charge < -0.3 is 14.4 Å². The van der Waals surface area contributed by atoms with Gasteiger partial charge in [0.1, 0.15) is 11.6 Å². The van der Waals surface area contributed by atoms with E-state index < -0.39 is 0 Å². The molecule has 1 aliphatic carbocycles. The fraction of sp³-hybridized carbons (Fsp3) is 0.765. The maximum atomic E-state index is 5.92. The summed E-state index contributed by atoms with van der Waals surface area (Å²) < 4.78 is 11.3. The quantitative estimate of drug-likeness (QED) is 0.755. The molecular weight excluding hydrogens is 278 g/mol. The largest absolute Gasteiger partial charge is 0.379 e. The van der Waals surface area contributed by atoms with Crippen LogP contribution in [0.15, 0.2) is 0 Å². The molecule has 1 saturated heterocycles. The van der Waals surface area contributed by atoms with Crippen LogP contribution in [0.25, 0.3) is 0 Å². The van der Waals surface area contributed by atoms with E-state index in [2.05, 4.69) is 9.88 Å². The van der Waals surface area contributed by atoms with Gasteiger partial charge >= 0.3 is 0 Å². The first kappa shape index (κ1) is 15.7. The maximum Gasteiger partial charge on any atom is 0.135 e. The smallest absolute Gasteiger partial charge is 0.135 e. The molecule has 5 heteroatoms. The second-order valence-electron chi connectivity index (χ2n) is 6.15. The van der Waals surface area contributed by atoms with Crippen LogP contribution in [-0.2, 0) is 22.3 Å². The van der Waals surface area contributed by atoms with E-state index in [9.17, 15) is 0 Å². The molecule has 3 rings (SSSR count). The standard InChI is InChI=1S/C17H27N3O2/c1-3-21-10-11-22-14-8-9-20(12-14)17-15-6-4-5-7-16(15)18-13(2)19-17/h14H,3-12H2,1-2H3/t14-/m0/s1. The predicted octanol–water partition coefficient (Wildman–Crippen LogP) is 2.30. The van der Waals surface area contributed by atoms with Crippen molar-refractivity contribution >= 4 is 5.82 Å². The summed E-state index contributed by atoms with van der Waals surface area (Å²) in [6.07, 6.45) is 6.12. The minimum atomic E-state index is 0.301. The normalized spacial score (nSPS) is 21.2. The molecule has 1 aromatic rings. The van der Waals surface area contributed by atoms with Gasteiger partial charge in [-0.1, -0.05) is 0 Å². The number of hydrogen-bond donors (Lipinski definition) is 0. The molecular formula is C17H27N3O2. The highest BCUT2D eigenvalue weighted by molar-refractivity contribution is 5.51. The number of rotatable bonds is 6. The highest BCUT2D eigenvalue weighted by atomic mass is 16.5. The van der Waals surface area contributed by atoms with Gasteiger partial charge in [0.25, 0.3) is 0 Å². The first-order valence-corrected chi connectivity index (χ1v) is 8.58. The lowest BCUT2D eigenvalue weighted by molar-refractivity contribution is 0.0169. The summed E-state index contributed by atoms with van der Waals surface area (Å²) in [5.41, 5.74) is 2.65. The van der Waals surface area contributed by atoms with E-state index in [-0.39, 0.29) is 0 Å². The molecule has 2 aliphatic rings.